The number of benzene rings is 1. The molecule has 2 heterocycles. The Balaban J connectivity index is 2.03. The smallest absolute Gasteiger partial charge is 0.264 e. The Labute approximate surface area is 163 Å². The highest BCUT2D eigenvalue weighted by Gasteiger charge is 2.22. The van der Waals surface area contributed by atoms with E-state index in [9.17, 15) is 16.8 Å². The van der Waals surface area contributed by atoms with Crippen molar-refractivity contribution < 1.29 is 16.8 Å². The van der Waals surface area contributed by atoms with E-state index < -0.39 is 20.0 Å². The molecule has 1 aromatic carbocycles. The number of primary sulfonamides is 1. The molecule has 2 aromatic heterocycles. The molecular weight excluding hydrogens is 402 g/mol. The molecule has 0 aliphatic heterocycles. The zero-order chi connectivity index (χ0) is 20.4. The second-order valence-corrected chi connectivity index (χ2v) is 9.40. The lowest BCUT2D eigenvalue weighted by Crippen LogP contribution is -2.17. The SMILES string of the molecule is CCCCNc1ccc(S(N)(=O)=O)cc1NS(=O)(=O)c1c[nH]c2ncccc12. The van der Waals surface area contributed by atoms with Gasteiger partial charge in [-0.05, 0) is 36.8 Å². The van der Waals surface area contributed by atoms with Crippen LogP contribution in [0, 0.1) is 0 Å². The maximum Gasteiger partial charge on any atom is 0.264 e. The van der Waals surface area contributed by atoms with E-state index in [1.54, 1.807) is 18.3 Å². The predicted octanol–water partition coefficient (Wildman–Crippen LogP) is 2.22. The quantitative estimate of drug-likeness (QED) is 0.408. The fourth-order valence-electron chi connectivity index (χ4n) is 2.69. The average Bonchev–Trinajstić information content (AvgIpc) is 3.07. The van der Waals surface area contributed by atoms with Gasteiger partial charge in [-0.25, -0.2) is 27.0 Å². The molecule has 0 aliphatic carbocycles. The summed E-state index contributed by atoms with van der Waals surface area (Å²) in [5.74, 6) is 0. The Kier molecular flexibility index (Phi) is 5.59. The van der Waals surface area contributed by atoms with Gasteiger partial charge in [0, 0.05) is 24.3 Å². The van der Waals surface area contributed by atoms with Crippen LogP contribution in [0.4, 0.5) is 11.4 Å². The number of unbranched alkanes of at least 4 members (excludes halogenated alkanes) is 1. The number of sulfonamides is 2. The van der Waals surface area contributed by atoms with Gasteiger partial charge < -0.3 is 10.3 Å². The van der Waals surface area contributed by atoms with Crippen LogP contribution < -0.4 is 15.2 Å². The van der Waals surface area contributed by atoms with Crippen molar-refractivity contribution in [1.82, 2.24) is 9.97 Å². The van der Waals surface area contributed by atoms with E-state index in [-0.39, 0.29) is 15.5 Å². The maximum atomic E-state index is 13.0. The molecule has 0 bridgehead atoms. The van der Waals surface area contributed by atoms with Gasteiger partial charge in [0.15, 0.2) is 0 Å². The molecular formula is C17H21N5O4S2. The van der Waals surface area contributed by atoms with Crippen LogP contribution in [0.25, 0.3) is 11.0 Å². The highest BCUT2D eigenvalue weighted by molar-refractivity contribution is 7.93. The summed E-state index contributed by atoms with van der Waals surface area (Å²) in [6.45, 7) is 2.64. The zero-order valence-corrected chi connectivity index (χ0v) is 16.8. The first-order valence-corrected chi connectivity index (χ1v) is 11.6. The molecule has 0 amide bonds. The number of nitrogens with one attached hydrogen (secondary N) is 3. The van der Waals surface area contributed by atoms with Crippen molar-refractivity contribution >= 4 is 42.5 Å². The number of hydrogen-bond donors (Lipinski definition) is 4. The Hall–Kier alpha value is -2.63. The molecule has 11 heteroatoms. The van der Waals surface area contributed by atoms with Crippen LogP contribution in [-0.2, 0) is 20.0 Å². The number of H-pyrrole nitrogens is 1. The minimum absolute atomic E-state index is 0.0103. The Morgan fingerprint density at radius 3 is 2.64 bits per heavy atom. The molecule has 3 aromatic rings. The van der Waals surface area contributed by atoms with Crippen LogP contribution in [0.15, 0.2) is 52.5 Å². The van der Waals surface area contributed by atoms with Crippen LogP contribution in [-0.4, -0.2) is 33.3 Å². The van der Waals surface area contributed by atoms with Gasteiger partial charge in [-0.2, -0.15) is 0 Å². The van der Waals surface area contributed by atoms with Crippen molar-refractivity contribution in [3.05, 3.63) is 42.7 Å². The van der Waals surface area contributed by atoms with Crippen LogP contribution in [0.2, 0.25) is 0 Å². The van der Waals surface area contributed by atoms with E-state index in [4.69, 9.17) is 5.14 Å². The van der Waals surface area contributed by atoms with E-state index >= 15 is 0 Å². The molecule has 0 fully saturated rings. The minimum atomic E-state index is -4.01. The van der Waals surface area contributed by atoms with Crippen molar-refractivity contribution in [1.29, 1.82) is 0 Å². The average molecular weight is 424 g/mol. The Morgan fingerprint density at radius 1 is 1.14 bits per heavy atom. The third-order valence-corrected chi connectivity index (χ3v) is 6.43. The lowest BCUT2D eigenvalue weighted by molar-refractivity contribution is 0.596. The largest absolute Gasteiger partial charge is 0.383 e. The predicted molar refractivity (Wildman–Crippen MR) is 108 cm³/mol. The van der Waals surface area contributed by atoms with Gasteiger partial charge >= 0.3 is 0 Å². The van der Waals surface area contributed by atoms with Crippen molar-refractivity contribution in [3.8, 4) is 0 Å². The van der Waals surface area contributed by atoms with Crippen LogP contribution in [0.5, 0.6) is 0 Å². The van der Waals surface area contributed by atoms with Crippen LogP contribution >= 0.6 is 0 Å². The number of anilines is 2. The summed E-state index contributed by atoms with van der Waals surface area (Å²) in [6.07, 6.45) is 4.71. The number of nitrogens with two attached hydrogens (primary N) is 1. The molecule has 0 spiro atoms. The maximum absolute atomic E-state index is 13.0. The topological polar surface area (TPSA) is 147 Å². The lowest BCUT2D eigenvalue weighted by Gasteiger charge is -2.15. The van der Waals surface area contributed by atoms with Gasteiger partial charge in [-0.15, -0.1) is 0 Å². The second kappa shape index (κ2) is 7.78. The summed E-state index contributed by atoms with van der Waals surface area (Å²) in [6, 6.07) is 7.29. The number of nitrogens with zero attached hydrogens (tertiary/aromatic N) is 1. The van der Waals surface area contributed by atoms with Gasteiger partial charge in [0.25, 0.3) is 10.0 Å². The standard InChI is InChI=1S/C17H21N5O4S2/c1-2-3-8-19-14-7-6-12(27(18,23)24)10-15(14)22-28(25,26)16-11-21-17-13(16)5-4-9-20-17/h4-7,9-11,19,22H,2-3,8H2,1H3,(H,20,21)(H2,18,23,24). The number of pyridine rings is 1. The van der Waals surface area contributed by atoms with Crippen molar-refractivity contribution in [2.75, 3.05) is 16.6 Å². The number of aromatic nitrogens is 2. The van der Waals surface area contributed by atoms with Gasteiger partial charge in [-0.3, -0.25) is 4.72 Å². The van der Waals surface area contributed by atoms with E-state index in [1.807, 2.05) is 6.92 Å². The van der Waals surface area contributed by atoms with E-state index in [2.05, 4.69) is 20.0 Å². The molecule has 150 valence electrons. The van der Waals surface area contributed by atoms with Crippen molar-refractivity contribution in [2.45, 2.75) is 29.6 Å². The molecule has 0 saturated carbocycles. The zero-order valence-electron chi connectivity index (χ0n) is 15.1. The fraction of sp³-hybridized carbons (Fsp3) is 0.235. The summed E-state index contributed by atoms with van der Waals surface area (Å²) in [5, 5.41) is 8.74. The third kappa shape index (κ3) is 4.26. The fourth-order valence-corrected chi connectivity index (χ4v) is 4.47. The van der Waals surface area contributed by atoms with E-state index in [1.165, 1.54) is 24.4 Å². The summed E-state index contributed by atoms with van der Waals surface area (Å²) < 4.78 is 51.8. The monoisotopic (exact) mass is 423 g/mol. The second-order valence-electron chi connectivity index (χ2n) is 6.19. The molecule has 28 heavy (non-hydrogen) atoms. The number of hydrogen-bond acceptors (Lipinski definition) is 6. The minimum Gasteiger partial charge on any atom is -0.383 e. The molecule has 9 nitrogen and oxygen atoms in total. The molecule has 0 saturated heterocycles. The Bertz CT molecular complexity index is 1200. The Morgan fingerprint density at radius 2 is 1.93 bits per heavy atom. The highest BCUT2D eigenvalue weighted by Crippen LogP contribution is 2.29. The summed E-state index contributed by atoms with van der Waals surface area (Å²) in [5.41, 5.74) is 0.991. The molecule has 3 rings (SSSR count). The summed E-state index contributed by atoms with van der Waals surface area (Å²) in [4.78, 5) is 6.71. The molecule has 0 unspecified atom stereocenters. The van der Waals surface area contributed by atoms with Gasteiger partial charge in [0.05, 0.1) is 16.3 Å². The van der Waals surface area contributed by atoms with Crippen molar-refractivity contribution in [2.24, 2.45) is 5.14 Å². The van der Waals surface area contributed by atoms with E-state index in [0.29, 0.717) is 23.3 Å². The number of fused-ring (bicyclic) bond motifs is 1. The van der Waals surface area contributed by atoms with Gasteiger partial charge in [0.2, 0.25) is 10.0 Å². The third-order valence-electron chi connectivity index (χ3n) is 4.11. The molecule has 0 radical (unpaired) electrons. The van der Waals surface area contributed by atoms with Gasteiger partial charge in [-0.1, -0.05) is 13.3 Å². The molecule has 0 aliphatic rings. The normalized spacial score (nSPS) is 12.2. The number of aromatic amines is 1. The molecule has 5 N–H and O–H groups in total. The van der Waals surface area contributed by atoms with Crippen LogP contribution in [0.3, 0.4) is 0 Å². The molecule has 0 atom stereocenters. The van der Waals surface area contributed by atoms with Crippen LogP contribution in [0.1, 0.15) is 19.8 Å². The number of rotatable bonds is 8. The first-order chi connectivity index (χ1) is 13.2. The first-order valence-electron chi connectivity index (χ1n) is 8.58. The van der Waals surface area contributed by atoms with Crippen molar-refractivity contribution in [3.63, 3.8) is 0 Å². The first kappa shape index (κ1) is 20.1. The lowest BCUT2D eigenvalue weighted by atomic mass is 10.2. The van der Waals surface area contributed by atoms with E-state index in [0.717, 1.165) is 12.8 Å². The summed E-state index contributed by atoms with van der Waals surface area (Å²) in [7, 11) is -8.00. The van der Waals surface area contributed by atoms with Gasteiger partial charge in [0.1, 0.15) is 10.5 Å². The summed E-state index contributed by atoms with van der Waals surface area (Å²) >= 11 is 0. The highest BCUT2D eigenvalue weighted by atomic mass is 32.2.